The predicted molar refractivity (Wildman–Crippen MR) is 67.9 cm³/mol. The molecular formula is C12H13NO6S. The summed E-state index contributed by atoms with van der Waals surface area (Å²) in [5.41, 5.74) is -0.314. The Morgan fingerprint density at radius 1 is 1.20 bits per heavy atom. The minimum absolute atomic E-state index is 0.0766. The van der Waals surface area contributed by atoms with Gasteiger partial charge in [0.15, 0.2) is 0 Å². The molecule has 1 aliphatic rings. The molecule has 1 aromatic rings. The van der Waals surface area contributed by atoms with Gasteiger partial charge in [0.05, 0.1) is 16.4 Å². The van der Waals surface area contributed by atoms with Gasteiger partial charge in [0.2, 0.25) is 10.0 Å². The maximum absolute atomic E-state index is 12.4. The van der Waals surface area contributed by atoms with Crippen LogP contribution in [0.25, 0.3) is 0 Å². The molecule has 7 nitrogen and oxygen atoms in total. The average molecular weight is 299 g/mol. The average Bonchev–Trinajstić information content (AvgIpc) is 2.89. The van der Waals surface area contributed by atoms with E-state index >= 15 is 0 Å². The zero-order chi connectivity index (χ0) is 14.9. The molecule has 8 heteroatoms. The van der Waals surface area contributed by atoms with Crippen molar-refractivity contribution in [1.82, 2.24) is 4.31 Å². The Hall–Kier alpha value is -1.93. The number of carboxylic acid groups (broad SMARTS) is 2. The largest absolute Gasteiger partial charge is 0.481 e. The number of carboxylic acids is 2. The second-order valence-corrected chi connectivity index (χ2v) is 6.39. The van der Waals surface area contributed by atoms with Gasteiger partial charge in [-0.1, -0.05) is 12.1 Å². The number of nitrogens with zero attached hydrogens (tertiary/aromatic N) is 1. The van der Waals surface area contributed by atoms with Crippen LogP contribution in [0.5, 0.6) is 0 Å². The van der Waals surface area contributed by atoms with Crippen LogP contribution in [0, 0.1) is 5.92 Å². The Morgan fingerprint density at radius 3 is 2.40 bits per heavy atom. The van der Waals surface area contributed by atoms with Crippen LogP contribution in [0.4, 0.5) is 0 Å². The minimum atomic E-state index is -3.99. The lowest BCUT2D eigenvalue weighted by Crippen LogP contribution is -2.31. The monoisotopic (exact) mass is 299 g/mol. The van der Waals surface area contributed by atoms with Gasteiger partial charge in [-0.15, -0.1) is 0 Å². The van der Waals surface area contributed by atoms with E-state index in [0.717, 1.165) is 4.31 Å². The van der Waals surface area contributed by atoms with Crippen molar-refractivity contribution < 1.29 is 28.2 Å². The smallest absolute Gasteiger partial charge is 0.337 e. The molecule has 108 valence electrons. The number of hydrogen-bond acceptors (Lipinski definition) is 4. The van der Waals surface area contributed by atoms with E-state index in [-0.39, 0.29) is 30.0 Å². The molecule has 1 atom stereocenters. The molecule has 1 aromatic carbocycles. The molecular weight excluding hydrogens is 286 g/mol. The third-order valence-corrected chi connectivity index (χ3v) is 5.16. The van der Waals surface area contributed by atoms with E-state index in [2.05, 4.69) is 0 Å². The highest BCUT2D eigenvalue weighted by Crippen LogP contribution is 2.26. The first-order valence-corrected chi connectivity index (χ1v) is 7.33. The first-order chi connectivity index (χ1) is 9.34. The molecule has 0 aliphatic carbocycles. The Labute approximate surface area is 115 Å². The fraction of sp³-hybridized carbons (Fsp3) is 0.333. The Kier molecular flexibility index (Phi) is 3.78. The fourth-order valence-electron chi connectivity index (χ4n) is 2.16. The molecule has 2 rings (SSSR count). The minimum Gasteiger partial charge on any atom is -0.481 e. The second kappa shape index (κ2) is 5.22. The highest BCUT2D eigenvalue weighted by atomic mass is 32.2. The van der Waals surface area contributed by atoms with Gasteiger partial charge in [-0.05, 0) is 18.6 Å². The maximum Gasteiger partial charge on any atom is 0.337 e. The zero-order valence-corrected chi connectivity index (χ0v) is 11.2. The van der Waals surface area contributed by atoms with Gasteiger partial charge < -0.3 is 10.2 Å². The summed E-state index contributed by atoms with van der Waals surface area (Å²) < 4.78 is 25.8. The first-order valence-electron chi connectivity index (χ1n) is 5.89. The van der Waals surface area contributed by atoms with E-state index in [0.29, 0.717) is 0 Å². The quantitative estimate of drug-likeness (QED) is 0.836. The van der Waals surface area contributed by atoms with Crippen molar-refractivity contribution in [2.75, 3.05) is 13.1 Å². The summed E-state index contributed by atoms with van der Waals surface area (Å²) in [6.07, 6.45) is 0.226. The molecule has 0 amide bonds. The Balaban J connectivity index is 2.37. The fourth-order valence-corrected chi connectivity index (χ4v) is 3.84. The van der Waals surface area contributed by atoms with Crippen molar-refractivity contribution in [3.63, 3.8) is 0 Å². The lowest BCUT2D eigenvalue weighted by Gasteiger charge is -2.17. The number of aliphatic carboxylic acids is 1. The first kappa shape index (κ1) is 14.5. The normalized spacial score (nSPS) is 19.9. The van der Waals surface area contributed by atoms with Crippen molar-refractivity contribution >= 4 is 22.0 Å². The van der Waals surface area contributed by atoms with Crippen LogP contribution in [-0.2, 0) is 14.8 Å². The van der Waals surface area contributed by atoms with Crippen molar-refractivity contribution in [1.29, 1.82) is 0 Å². The van der Waals surface area contributed by atoms with E-state index in [4.69, 9.17) is 10.2 Å². The summed E-state index contributed by atoms with van der Waals surface area (Å²) in [7, 11) is -3.99. The zero-order valence-electron chi connectivity index (χ0n) is 10.4. The van der Waals surface area contributed by atoms with Gasteiger partial charge >= 0.3 is 11.9 Å². The second-order valence-electron chi connectivity index (χ2n) is 4.49. The number of rotatable bonds is 4. The van der Waals surface area contributed by atoms with E-state index in [1.54, 1.807) is 0 Å². The van der Waals surface area contributed by atoms with Crippen LogP contribution >= 0.6 is 0 Å². The van der Waals surface area contributed by atoms with Crippen molar-refractivity contribution in [3.8, 4) is 0 Å². The van der Waals surface area contributed by atoms with Crippen LogP contribution in [0.1, 0.15) is 16.8 Å². The molecule has 1 saturated heterocycles. The highest BCUT2D eigenvalue weighted by molar-refractivity contribution is 7.89. The highest BCUT2D eigenvalue weighted by Gasteiger charge is 2.37. The van der Waals surface area contributed by atoms with Crippen LogP contribution < -0.4 is 0 Å². The van der Waals surface area contributed by atoms with Gasteiger partial charge in [0.25, 0.3) is 0 Å². The summed E-state index contributed by atoms with van der Waals surface area (Å²) >= 11 is 0. The molecule has 1 fully saturated rings. The maximum atomic E-state index is 12.4. The molecule has 1 unspecified atom stereocenters. The van der Waals surface area contributed by atoms with Gasteiger partial charge in [-0.25, -0.2) is 13.2 Å². The van der Waals surface area contributed by atoms with Crippen LogP contribution in [0.15, 0.2) is 29.2 Å². The van der Waals surface area contributed by atoms with Crippen LogP contribution in [0.2, 0.25) is 0 Å². The van der Waals surface area contributed by atoms with E-state index in [1.807, 2.05) is 0 Å². The lowest BCUT2D eigenvalue weighted by atomic mass is 10.1. The molecule has 0 aromatic heterocycles. The summed E-state index contributed by atoms with van der Waals surface area (Å²) in [4.78, 5) is 21.6. The van der Waals surface area contributed by atoms with E-state index in [9.17, 15) is 18.0 Å². The van der Waals surface area contributed by atoms with Crippen LogP contribution in [0.3, 0.4) is 0 Å². The molecule has 0 bridgehead atoms. The summed E-state index contributed by atoms with van der Waals surface area (Å²) in [5, 5.41) is 17.9. The molecule has 0 radical (unpaired) electrons. The number of aromatic carboxylic acids is 1. The number of hydrogen-bond donors (Lipinski definition) is 2. The third-order valence-electron chi connectivity index (χ3n) is 3.24. The lowest BCUT2D eigenvalue weighted by molar-refractivity contribution is -0.141. The van der Waals surface area contributed by atoms with Gasteiger partial charge in [0.1, 0.15) is 0 Å². The molecule has 0 spiro atoms. The van der Waals surface area contributed by atoms with E-state index < -0.39 is 27.9 Å². The number of carbonyl (C=O) groups is 2. The van der Waals surface area contributed by atoms with Gasteiger partial charge in [-0.3, -0.25) is 4.79 Å². The van der Waals surface area contributed by atoms with Crippen molar-refractivity contribution in [3.05, 3.63) is 29.8 Å². The Bertz CT molecular complexity index is 654. The summed E-state index contributed by atoms with van der Waals surface area (Å²) in [6, 6.07) is 5.30. The van der Waals surface area contributed by atoms with Crippen molar-refractivity contribution in [2.45, 2.75) is 11.3 Å². The topological polar surface area (TPSA) is 112 Å². The standard InChI is InChI=1S/C12H13NO6S/c14-11(15)8-5-6-13(7-8)20(18,19)10-4-2-1-3-9(10)12(16)17/h1-4,8H,5-7H2,(H,14,15)(H,16,17). The third kappa shape index (κ3) is 2.52. The summed E-state index contributed by atoms with van der Waals surface area (Å²) in [5.74, 6) is -3.13. The molecule has 20 heavy (non-hydrogen) atoms. The van der Waals surface area contributed by atoms with Crippen molar-refractivity contribution in [2.24, 2.45) is 5.92 Å². The SMILES string of the molecule is O=C(O)c1ccccc1S(=O)(=O)N1CCC(C(=O)O)C1. The molecule has 2 N–H and O–H groups in total. The molecule has 0 saturated carbocycles. The number of sulfonamides is 1. The predicted octanol–water partition coefficient (Wildman–Crippen LogP) is 0.480. The number of benzene rings is 1. The molecule has 1 heterocycles. The molecule has 1 aliphatic heterocycles. The van der Waals surface area contributed by atoms with Gasteiger partial charge in [0, 0.05) is 13.1 Å². The summed E-state index contributed by atoms with van der Waals surface area (Å²) in [6.45, 7) is -0.0567. The van der Waals surface area contributed by atoms with Crippen LogP contribution in [-0.4, -0.2) is 48.0 Å². The van der Waals surface area contributed by atoms with E-state index in [1.165, 1.54) is 24.3 Å². The Morgan fingerprint density at radius 2 is 1.85 bits per heavy atom. The van der Waals surface area contributed by atoms with Gasteiger partial charge in [-0.2, -0.15) is 4.31 Å².